The van der Waals surface area contributed by atoms with Crippen molar-refractivity contribution in [1.82, 2.24) is 10.3 Å². The average molecular weight is 277 g/mol. The summed E-state index contributed by atoms with van der Waals surface area (Å²) in [6, 6.07) is 3.74. The fourth-order valence-electron chi connectivity index (χ4n) is 1.64. The maximum atomic E-state index is 12.3. The van der Waals surface area contributed by atoms with E-state index in [1.807, 2.05) is 26.0 Å². The topological polar surface area (TPSA) is 54.0 Å². The Morgan fingerprint density at radius 1 is 1.35 bits per heavy atom. The van der Waals surface area contributed by atoms with Gasteiger partial charge in [0, 0.05) is 23.8 Å². The molecule has 0 bridgehead atoms. The van der Waals surface area contributed by atoms with Crippen LogP contribution in [0, 0.1) is 12.3 Å². The third-order valence-electron chi connectivity index (χ3n) is 3.42. The molecule has 1 rings (SSSR count). The molecule has 2 N–H and O–H groups in total. The Balaban J connectivity index is 2.85. The zero-order chi connectivity index (χ0) is 15.3. The van der Waals surface area contributed by atoms with Crippen LogP contribution in [0.5, 0.6) is 0 Å². The highest BCUT2D eigenvalue weighted by Gasteiger charge is 2.22. The van der Waals surface area contributed by atoms with Gasteiger partial charge in [0.15, 0.2) is 0 Å². The first-order chi connectivity index (χ1) is 9.24. The lowest BCUT2D eigenvalue weighted by Crippen LogP contribution is -2.41. The van der Waals surface area contributed by atoms with E-state index in [4.69, 9.17) is 0 Å². The number of aromatic nitrogens is 1. The van der Waals surface area contributed by atoms with Gasteiger partial charge < -0.3 is 10.6 Å². The first kappa shape index (κ1) is 16.5. The number of hydrogen-bond donors (Lipinski definition) is 2. The number of carbonyl (C=O) groups excluding carboxylic acids is 1. The van der Waals surface area contributed by atoms with Crippen LogP contribution < -0.4 is 10.6 Å². The molecule has 1 heterocycles. The molecular formula is C16H27N3O. The van der Waals surface area contributed by atoms with E-state index in [0.717, 1.165) is 24.5 Å². The van der Waals surface area contributed by atoms with E-state index in [9.17, 15) is 4.79 Å². The van der Waals surface area contributed by atoms with E-state index >= 15 is 0 Å². The minimum Gasteiger partial charge on any atom is -0.370 e. The molecule has 1 aromatic heterocycles. The van der Waals surface area contributed by atoms with Gasteiger partial charge in [-0.15, -0.1) is 0 Å². The Morgan fingerprint density at radius 2 is 2.00 bits per heavy atom. The summed E-state index contributed by atoms with van der Waals surface area (Å²) in [4.78, 5) is 16.7. The van der Waals surface area contributed by atoms with Crippen molar-refractivity contribution in [2.75, 3.05) is 11.9 Å². The predicted molar refractivity (Wildman–Crippen MR) is 84.1 cm³/mol. The van der Waals surface area contributed by atoms with Crippen LogP contribution in [0.2, 0.25) is 0 Å². The molecule has 0 aliphatic rings. The normalized spacial score (nSPS) is 12.9. The van der Waals surface area contributed by atoms with E-state index in [0.29, 0.717) is 5.56 Å². The summed E-state index contributed by atoms with van der Waals surface area (Å²) in [5.74, 6) is 0.720. The summed E-state index contributed by atoms with van der Waals surface area (Å²) in [7, 11) is 0. The van der Waals surface area contributed by atoms with Gasteiger partial charge in [0.2, 0.25) is 0 Å². The Bertz CT molecular complexity index is 463. The predicted octanol–water partition coefficient (Wildman–Crippen LogP) is 3.38. The van der Waals surface area contributed by atoms with Gasteiger partial charge in [-0.2, -0.15) is 0 Å². The van der Waals surface area contributed by atoms with E-state index in [1.165, 1.54) is 0 Å². The lowest BCUT2D eigenvalue weighted by atomic mass is 9.88. The quantitative estimate of drug-likeness (QED) is 0.867. The summed E-state index contributed by atoms with van der Waals surface area (Å²) < 4.78 is 0. The van der Waals surface area contributed by atoms with Crippen LogP contribution in [-0.2, 0) is 0 Å². The second-order valence-corrected chi connectivity index (χ2v) is 6.37. The third-order valence-corrected chi connectivity index (χ3v) is 3.42. The van der Waals surface area contributed by atoms with Gasteiger partial charge >= 0.3 is 0 Å². The number of carbonyl (C=O) groups is 1. The van der Waals surface area contributed by atoms with E-state index in [1.54, 1.807) is 0 Å². The van der Waals surface area contributed by atoms with Crippen LogP contribution in [0.15, 0.2) is 12.1 Å². The first-order valence-electron chi connectivity index (χ1n) is 7.27. The largest absolute Gasteiger partial charge is 0.370 e. The van der Waals surface area contributed by atoms with Crippen molar-refractivity contribution in [2.24, 2.45) is 5.41 Å². The molecule has 1 unspecified atom stereocenters. The van der Waals surface area contributed by atoms with Gasteiger partial charge in [0.25, 0.3) is 5.91 Å². The number of pyridine rings is 1. The summed E-state index contributed by atoms with van der Waals surface area (Å²) >= 11 is 0. The Kier molecular flexibility index (Phi) is 5.54. The minimum atomic E-state index is -0.0440. The number of aryl methyl sites for hydroxylation is 1. The molecule has 0 saturated heterocycles. The molecule has 0 radical (unpaired) electrons. The molecule has 4 heteroatoms. The molecule has 0 spiro atoms. The fourth-order valence-corrected chi connectivity index (χ4v) is 1.64. The van der Waals surface area contributed by atoms with Gasteiger partial charge in [-0.05, 0) is 37.8 Å². The van der Waals surface area contributed by atoms with Gasteiger partial charge in [0.05, 0.1) is 0 Å². The van der Waals surface area contributed by atoms with E-state index in [-0.39, 0.29) is 17.4 Å². The molecule has 0 aromatic carbocycles. The van der Waals surface area contributed by atoms with Crippen molar-refractivity contribution in [2.45, 2.75) is 54.0 Å². The zero-order valence-corrected chi connectivity index (χ0v) is 13.5. The number of amides is 1. The molecular weight excluding hydrogens is 250 g/mol. The van der Waals surface area contributed by atoms with Gasteiger partial charge in [-0.25, -0.2) is 4.98 Å². The monoisotopic (exact) mass is 277 g/mol. The van der Waals surface area contributed by atoms with Crippen LogP contribution in [0.1, 0.15) is 57.1 Å². The van der Waals surface area contributed by atoms with E-state index in [2.05, 4.69) is 43.3 Å². The van der Waals surface area contributed by atoms with Crippen molar-refractivity contribution >= 4 is 11.7 Å². The Hall–Kier alpha value is -1.58. The standard InChI is InChI=1S/C16H27N3O/c1-7-8-17-14-10-13(9-11(2)18-14)15(20)19-12(3)16(4,5)6/h9-10,12H,7-8H2,1-6H3,(H,17,18)(H,19,20). The smallest absolute Gasteiger partial charge is 0.251 e. The molecule has 1 aromatic rings. The summed E-state index contributed by atoms with van der Waals surface area (Å²) in [5, 5.41) is 6.28. The summed E-state index contributed by atoms with van der Waals surface area (Å²) in [6.07, 6.45) is 1.03. The van der Waals surface area contributed by atoms with Crippen molar-refractivity contribution < 1.29 is 4.79 Å². The van der Waals surface area contributed by atoms with Crippen molar-refractivity contribution in [3.8, 4) is 0 Å². The van der Waals surface area contributed by atoms with Gasteiger partial charge in [-0.1, -0.05) is 27.7 Å². The lowest BCUT2D eigenvalue weighted by Gasteiger charge is -2.28. The molecule has 0 saturated carbocycles. The van der Waals surface area contributed by atoms with E-state index < -0.39 is 0 Å². The first-order valence-corrected chi connectivity index (χ1v) is 7.27. The molecule has 112 valence electrons. The number of nitrogens with zero attached hydrogens (tertiary/aromatic N) is 1. The average Bonchev–Trinajstić information content (AvgIpc) is 2.34. The van der Waals surface area contributed by atoms with Crippen LogP contribution in [-0.4, -0.2) is 23.5 Å². The molecule has 1 amide bonds. The summed E-state index contributed by atoms with van der Waals surface area (Å²) in [6.45, 7) is 13.2. The zero-order valence-electron chi connectivity index (χ0n) is 13.5. The van der Waals surface area contributed by atoms with Crippen LogP contribution in [0.3, 0.4) is 0 Å². The molecule has 4 nitrogen and oxygen atoms in total. The fraction of sp³-hybridized carbons (Fsp3) is 0.625. The number of rotatable bonds is 5. The molecule has 0 aliphatic carbocycles. The minimum absolute atomic E-state index is 0.0427. The highest BCUT2D eigenvalue weighted by Crippen LogP contribution is 2.19. The van der Waals surface area contributed by atoms with Crippen LogP contribution in [0.4, 0.5) is 5.82 Å². The Labute approximate surface area is 122 Å². The Morgan fingerprint density at radius 3 is 2.55 bits per heavy atom. The maximum absolute atomic E-state index is 12.3. The third kappa shape index (κ3) is 4.83. The number of hydrogen-bond acceptors (Lipinski definition) is 3. The SMILES string of the molecule is CCCNc1cc(C(=O)NC(C)C(C)(C)C)cc(C)n1. The molecule has 20 heavy (non-hydrogen) atoms. The number of anilines is 1. The number of nitrogens with one attached hydrogen (secondary N) is 2. The highest BCUT2D eigenvalue weighted by molar-refractivity contribution is 5.95. The molecule has 1 atom stereocenters. The van der Waals surface area contributed by atoms with Crippen molar-refractivity contribution in [3.63, 3.8) is 0 Å². The van der Waals surface area contributed by atoms with Crippen molar-refractivity contribution in [1.29, 1.82) is 0 Å². The second-order valence-electron chi connectivity index (χ2n) is 6.37. The van der Waals surface area contributed by atoms with Crippen molar-refractivity contribution in [3.05, 3.63) is 23.4 Å². The van der Waals surface area contributed by atoms with Gasteiger partial charge in [0.1, 0.15) is 5.82 Å². The van der Waals surface area contributed by atoms with Crippen LogP contribution >= 0.6 is 0 Å². The second kappa shape index (κ2) is 6.73. The lowest BCUT2D eigenvalue weighted by molar-refractivity contribution is 0.0910. The van der Waals surface area contributed by atoms with Gasteiger partial charge in [-0.3, -0.25) is 4.79 Å². The molecule has 0 fully saturated rings. The maximum Gasteiger partial charge on any atom is 0.251 e. The van der Waals surface area contributed by atoms with Crippen LogP contribution in [0.25, 0.3) is 0 Å². The summed E-state index contributed by atoms with van der Waals surface area (Å²) in [5.41, 5.74) is 1.55. The highest BCUT2D eigenvalue weighted by atomic mass is 16.1. The molecule has 0 aliphatic heterocycles.